The van der Waals surface area contributed by atoms with E-state index in [-0.39, 0.29) is 5.91 Å². The summed E-state index contributed by atoms with van der Waals surface area (Å²) in [5.74, 6) is 1.89. The third kappa shape index (κ3) is 3.43. The van der Waals surface area contributed by atoms with Gasteiger partial charge in [0.05, 0.1) is 17.8 Å². The fourth-order valence-electron chi connectivity index (χ4n) is 3.49. The Morgan fingerprint density at radius 3 is 2.73 bits per heavy atom. The van der Waals surface area contributed by atoms with Gasteiger partial charge in [0, 0.05) is 31.0 Å². The molecule has 0 spiro atoms. The molecule has 0 bridgehead atoms. The van der Waals surface area contributed by atoms with Crippen molar-refractivity contribution in [2.75, 3.05) is 18.0 Å². The molecule has 1 aliphatic heterocycles. The number of nitrogens with one attached hydrogen (secondary N) is 1. The first-order chi connectivity index (χ1) is 12.7. The van der Waals surface area contributed by atoms with Crippen LogP contribution < -0.4 is 10.2 Å². The summed E-state index contributed by atoms with van der Waals surface area (Å²) in [7, 11) is 0. The van der Waals surface area contributed by atoms with Crippen LogP contribution in [-0.2, 0) is 6.54 Å². The number of anilines is 1. The zero-order chi connectivity index (χ0) is 17.9. The van der Waals surface area contributed by atoms with Crippen molar-refractivity contribution < 1.29 is 4.79 Å². The number of hydrogen-bond donors (Lipinski definition) is 1. The predicted octanol–water partition coefficient (Wildman–Crippen LogP) is 3.50. The molecule has 5 heteroatoms. The van der Waals surface area contributed by atoms with E-state index < -0.39 is 0 Å². The molecule has 1 aliphatic rings. The van der Waals surface area contributed by atoms with Crippen LogP contribution in [0.25, 0.3) is 5.52 Å². The Hall–Kier alpha value is -2.82. The second kappa shape index (κ2) is 7.20. The highest BCUT2D eigenvalue weighted by Crippen LogP contribution is 2.25. The van der Waals surface area contributed by atoms with Crippen LogP contribution in [0.15, 0.2) is 54.9 Å². The van der Waals surface area contributed by atoms with Gasteiger partial charge in [-0.05, 0) is 55.2 Å². The number of nitrogens with zero attached hydrogens (tertiary/aromatic N) is 3. The van der Waals surface area contributed by atoms with Crippen LogP contribution >= 0.6 is 0 Å². The van der Waals surface area contributed by atoms with Crippen molar-refractivity contribution in [3.63, 3.8) is 0 Å². The molecular formula is C21H24N4O. The third-order valence-electron chi connectivity index (χ3n) is 5.16. The number of rotatable bonds is 4. The smallest absolute Gasteiger partial charge is 0.253 e. The maximum Gasteiger partial charge on any atom is 0.253 e. The molecule has 4 rings (SSSR count). The Bertz CT molecular complexity index is 895. The lowest BCUT2D eigenvalue weighted by Gasteiger charge is -2.31. The first-order valence-corrected chi connectivity index (χ1v) is 9.25. The highest BCUT2D eigenvalue weighted by molar-refractivity contribution is 5.94. The highest BCUT2D eigenvalue weighted by Gasteiger charge is 2.18. The molecule has 1 N–H and O–H groups in total. The summed E-state index contributed by atoms with van der Waals surface area (Å²) in [6.07, 6.45) is 6.12. The maximum atomic E-state index is 12.5. The summed E-state index contributed by atoms with van der Waals surface area (Å²) in [4.78, 5) is 19.2. The number of carbonyl (C=O) groups excluding carboxylic acids is 1. The molecule has 0 saturated carbocycles. The number of aromatic nitrogens is 2. The molecule has 3 aromatic rings. The summed E-state index contributed by atoms with van der Waals surface area (Å²) >= 11 is 0. The lowest BCUT2D eigenvalue weighted by molar-refractivity contribution is 0.0950. The average Bonchev–Trinajstić information content (AvgIpc) is 3.11. The lowest BCUT2D eigenvalue weighted by atomic mass is 9.99. The zero-order valence-corrected chi connectivity index (χ0v) is 15.1. The number of amides is 1. The fraction of sp³-hybridized carbons (Fsp3) is 0.333. The summed E-state index contributed by atoms with van der Waals surface area (Å²) in [6, 6.07) is 13.9. The number of pyridine rings is 2. The van der Waals surface area contributed by atoms with E-state index in [1.165, 1.54) is 18.7 Å². The lowest BCUT2D eigenvalue weighted by Crippen LogP contribution is -2.33. The molecule has 1 amide bonds. The van der Waals surface area contributed by atoms with Crippen LogP contribution in [-0.4, -0.2) is 28.4 Å². The molecular weight excluding hydrogens is 324 g/mol. The standard InChI is InChI=1S/C21H24N4O/c1-16-9-12-24(13-10-16)20-8-7-19-6-5-17(15-25(19)20)21(26)23-14-18-4-2-3-11-22-18/h2-8,11,15-16H,9-10,12-14H2,1H3,(H,23,26). The summed E-state index contributed by atoms with van der Waals surface area (Å²) in [6.45, 7) is 4.89. The van der Waals surface area contributed by atoms with Crippen molar-refractivity contribution in [3.8, 4) is 0 Å². The molecule has 1 fully saturated rings. The van der Waals surface area contributed by atoms with Gasteiger partial charge in [-0.1, -0.05) is 13.0 Å². The van der Waals surface area contributed by atoms with Gasteiger partial charge in [-0.3, -0.25) is 9.78 Å². The molecule has 0 aliphatic carbocycles. The van der Waals surface area contributed by atoms with E-state index in [4.69, 9.17) is 0 Å². The Morgan fingerprint density at radius 1 is 1.15 bits per heavy atom. The van der Waals surface area contributed by atoms with E-state index in [0.717, 1.165) is 30.2 Å². The molecule has 5 nitrogen and oxygen atoms in total. The second-order valence-electron chi connectivity index (χ2n) is 7.08. The Kier molecular flexibility index (Phi) is 4.61. The molecule has 4 heterocycles. The van der Waals surface area contributed by atoms with Crippen LogP contribution in [0.4, 0.5) is 5.82 Å². The van der Waals surface area contributed by atoms with Crippen LogP contribution in [0.2, 0.25) is 0 Å². The van der Waals surface area contributed by atoms with Crippen molar-refractivity contribution in [1.82, 2.24) is 14.7 Å². The molecule has 0 atom stereocenters. The first kappa shape index (κ1) is 16.6. The van der Waals surface area contributed by atoms with E-state index in [9.17, 15) is 4.79 Å². The number of hydrogen-bond acceptors (Lipinski definition) is 3. The monoisotopic (exact) mass is 348 g/mol. The van der Waals surface area contributed by atoms with Gasteiger partial charge in [0.25, 0.3) is 5.91 Å². The van der Waals surface area contributed by atoms with Gasteiger partial charge >= 0.3 is 0 Å². The third-order valence-corrected chi connectivity index (χ3v) is 5.16. The largest absolute Gasteiger partial charge is 0.358 e. The normalized spacial score (nSPS) is 15.3. The SMILES string of the molecule is CC1CCN(c2ccc3ccc(C(=O)NCc4ccccn4)cn23)CC1. The van der Waals surface area contributed by atoms with Gasteiger partial charge < -0.3 is 14.6 Å². The molecule has 0 aromatic carbocycles. The van der Waals surface area contributed by atoms with Crippen molar-refractivity contribution in [3.05, 3.63) is 66.1 Å². The summed E-state index contributed by atoms with van der Waals surface area (Å²) in [5, 5.41) is 2.95. The van der Waals surface area contributed by atoms with Gasteiger partial charge in [-0.25, -0.2) is 0 Å². The minimum atomic E-state index is -0.0792. The average molecular weight is 348 g/mol. The fourth-order valence-corrected chi connectivity index (χ4v) is 3.49. The Balaban J connectivity index is 1.53. The van der Waals surface area contributed by atoms with Crippen molar-refractivity contribution >= 4 is 17.2 Å². The number of fused-ring (bicyclic) bond motifs is 1. The van der Waals surface area contributed by atoms with Crippen LogP contribution in [0, 0.1) is 5.92 Å². The van der Waals surface area contributed by atoms with E-state index in [1.807, 2.05) is 36.5 Å². The maximum absolute atomic E-state index is 12.5. The van der Waals surface area contributed by atoms with Crippen molar-refractivity contribution in [1.29, 1.82) is 0 Å². The first-order valence-electron chi connectivity index (χ1n) is 9.25. The number of carbonyl (C=O) groups is 1. The predicted molar refractivity (Wildman–Crippen MR) is 103 cm³/mol. The number of piperidine rings is 1. The van der Waals surface area contributed by atoms with Crippen molar-refractivity contribution in [2.45, 2.75) is 26.3 Å². The quantitative estimate of drug-likeness (QED) is 0.785. The van der Waals surface area contributed by atoms with E-state index in [1.54, 1.807) is 6.20 Å². The topological polar surface area (TPSA) is 49.6 Å². The highest BCUT2D eigenvalue weighted by atomic mass is 16.1. The van der Waals surface area contributed by atoms with E-state index >= 15 is 0 Å². The minimum Gasteiger partial charge on any atom is -0.358 e. The minimum absolute atomic E-state index is 0.0792. The van der Waals surface area contributed by atoms with Crippen LogP contribution in [0.5, 0.6) is 0 Å². The molecule has 134 valence electrons. The Morgan fingerprint density at radius 2 is 1.96 bits per heavy atom. The summed E-state index contributed by atoms with van der Waals surface area (Å²) < 4.78 is 2.13. The molecule has 3 aromatic heterocycles. The van der Waals surface area contributed by atoms with Gasteiger partial charge in [0.15, 0.2) is 0 Å². The van der Waals surface area contributed by atoms with Crippen molar-refractivity contribution in [2.24, 2.45) is 5.92 Å². The zero-order valence-electron chi connectivity index (χ0n) is 15.1. The van der Waals surface area contributed by atoms with Gasteiger partial charge in [0.1, 0.15) is 5.82 Å². The van der Waals surface area contributed by atoms with Gasteiger partial charge in [-0.2, -0.15) is 0 Å². The molecule has 26 heavy (non-hydrogen) atoms. The second-order valence-corrected chi connectivity index (χ2v) is 7.08. The molecule has 1 saturated heterocycles. The molecule has 0 unspecified atom stereocenters. The van der Waals surface area contributed by atoms with E-state index in [2.05, 4.69) is 38.7 Å². The van der Waals surface area contributed by atoms with Crippen LogP contribution in [0.3, 0.4) is 0 Å². The van der Waals surface area contributed by atoms with E-state index in [0.29, 0.717) is 12.1 Å². The summed E-state index contributed by atoms with van der Waals surface area (Å²) in [5.41, 5.74) is 2.63. The Labute approximate surface area is 153 Å². The van der Waals surface area contributed by atoms with Gasteiger partial charge in [-0.15, -0.1) is 0 Å². The van der Waals surface area contributed by atoms with Gasteiger partial charge in [0.2, 0.25) is 0 Å². The van der Waals surface area contributed by atoms with Crippen LogP contribution in [0.1, 0.15) is 35.8 Å². The molecule has 0 radical (unpaired) electrons.